The van der Waals surface area contributed by atoms with Gasteiger partial charge in [-0.3, -0.25) is 0 Å². The van der Waals surface area contributed by atoms with Gasteiger partial charge in [0.1, 0.15) is 0 Å². The van der Waals surface area contributed by atoms with Crippen molar-refractivity contribution in [2.24, 2.45) is 11.5 Å². The highest BCUT2D eigenvalue weighted by molar-refractivity contribution is 5.35. The summed E-state index contributed by atoms with van der Waals surface area (Å²) in [5, 5.41) is 0. The smallest absolute Gasteiger partial charge is 0.329 e. The van der Waals surface area contributed by atoms with Crippen LogP contribution in [0.1, 0.15) is 22.7 Å². The Hall–Kier alpha value is -1.07. The van der Waals surface area contributed by atoms with Crippen molar-refractivity contribution in [3.05, 3.63) is 34.9 Å². The van der Waals surface area contributed by atoms with Crippen molar-refractivity contribution >= 4 is 0 Å². The van der Waals surface area contributed by atoms with E-state index in [1.807, 2.05) is 0 Å². The lowest BCUT2D eigenvalue weighted by Crippen LogP contribution is -2.24. The number of alkyl halides is 3. The molecule has 1 atom stereocenters. The van der Waals surface area contributed by atoms with Crippen LogP contribution in [-0.2, 0) is 6.18 Å². The van der Waals surface area contributed by atoms with Crippen LogP contribution in [0.2, 0.25) is 0 Å². The van der Waals surface area contributed by atoms with E-state index in [9.17, 15) is 13.2 Å². The molecule has 0 amide bonds. The van der Waals surface area contributed by atoms with Crippen molar-refractivity contribution < 1.29 is 13.2 Å². The molecule has 0 heterocycles. The Morgan fingerprint density at radius 3 is 2.40 bits per heavy atom. The maximum atomic E-state index is 12.6. The van der Waals surface area contributed by atoms with Crippen LogP contribution in [0.15, 0.2) is 18.2 Å². The topological polar surface area (TPSA) is 52.0 Å². The van der Waals surface area contributed by atoms with Gasteiger partial charge in [0.15, 0.2) is 0 Å². The Kier molecular flexibility index (Phi) is 3.36. The molecule has 1 rings (SSSR count). The highest BCUT2D eigenvalue weighted by atomic mass is 19.4. The van der Waals surface area contributed by atoms with Crippen LogP contribution in [0, 0.1) is 6.92 Å². The fraction of sp³-hybridized carbons (Fsp3) is 0.400. The summed E-state index contributed by atoms with van der Waals surface area (Å²) in [6, 6.07) is 3.11. The zero-order valence-electron chi connectivity index (χ0n) is 8.31. The third-order valence-electron chi connectivity index (χ3n) is 2.17. The minimum absolute atomic E-state index is 0.00741. The summed E-state index contributed by atoms with van der Waals surface area (Å²) in [5.41, 5.74) is 10.9. The van der Waals surface area contributed by atoms with E-state index in [1.54, 1.807) is 6.92 Å². The molecule has 5 heteroatoms. The molecule has 2 nitrogen and oxygen atoms in total. The molecule has 0 aliphatic rings. The van der Waals surface area contributed by atoms with Crippen molar-refractivity contribution in [1.29, 1.82) is 0 Å². The predicted octanol–water partition coefficient (Wildman–Crippen LogP) is 1.97. The fourth-order valence-corrected chi connectivity index (χ4v) is 1.37. The van der Waals surface area contributed by atoms with E-state index in [1.165, 1.54) is 12.1 Å². The van der Waals surface area contributed by atoms with E-state index in [4.69, 9.17) is 11.5 Å². The molecule has 1 aromatic carbocycles. The van der Waals surface area contributed by atoms with Crippen LogP contribution in [0.25, 0.3) is 0 Å². The van der Waals surface area contributed by atoms with Crippen LogP contribution in [0.5, 0.6) is 0 Å². The second kappa shape index (κ2) is 4.20. The summed E-state index contributed by atoms with van der Waals surface area (Å²) in [5.74, 6) is 0. The van der Waals surface area contributed by atoms with Gasteiger partial charge in [0.05, 0.1) is 5.56 Å². The second-order valence-electron chi connectivity index (χ2n) is 3.43. The monoisotopic (exact) mass is 218 g/mol. The quantitative estimate of drug-likeness (QED) is 0.797. The minimum Gasteiger partial charge on any atom is -0.329 e. The van der Waals surface area contributed by atoms with Gasteiger partial charge in [0.25, 0.3) is 0 Å². The number of benzene rings is 1. The molecule has 15 heavy (non-hydrogen) atoms. The molecule has 4 N–H and O–H groups in total. The first-order chi connectivity index (χ1) is 6.86. The SMILES string of the molecule is Cc1ccc(C(F)(F)F)c(C(N)CN)c1. The molecular weight excluding hydrogens is 205 g/mol. The lowest BCUT2D eigenvalue weighted by atomic mass is 9.98. The summed E-state index contributed by atoms with van der Waals surface area (Å²) >= 11 is 0. The number of halogens is 3. The lowest BCUT2D eigenvalue weighted by Gasteiger charge is -2.17. The van der Waals surface area contributed by atoms with Crippen LogP contribution < -0.4 is 11.5 Å². The summed E-state index contributed by atoms with van der Waals surface area (Å²) in [6.45, 7) is 1.71. The number of hydrogen-bond donors (Lipinski definition) is 2. The third kappa shape index (κ3) is 2.70. The van der Waals surface area contributed by atoms with Crippen molar-refractivity contribution in [2.45, 2.75) is 19.1 Å². The van der Waals surface area contributed by atoms with Gasteiger partial charge in [-0.05, 0) is 18.6 Å². The standard InChI is InChI=1S/C10H13F3N2/c1-6-2-3-8(10(11,12)13)7(4-6)9(15)5-14/h2-4,9H,5,14-15H2,1H3. The number of rotatable bonds is 2. The number of nitrogens with two attached hydrogens (primary N) is 2. The third-order valence-corrected chi connectivity index (χ3v) is 2.17. The summed E-state index contributed by atoms with van der Waals surface area (Å²) in [6.07, 6.45) is -4.38. The van der Waals surface area contributed by atoms with Gasteiger partial charge in [-0.1, -0.05) is 17.7 Å². The van der Waals surface area contributed by atoms with Crippen LogP contribution in [-0.4, -0.2) is 6.54 Å². The van der Waals surface area contributed by atoms with Crippen molar-refractivity contribution in [2.75, 3.05) is 6.54 Å². The van der Waals surface area contributed by atoms with E-state index in [0.29, 0.717) is 0 Å². The first-order valence-electron chi connectivity index (χ1n) is 4.49. The molecule has 0 aliphatic heterocycles. The average Bonchev–Trinajstić information content (AvgIpc) is 2.14. The zero-order valence-corrected chi connectivity index (χ0v) is 8.31. The van der Waals surface area contributed by atoms with Gasteiger partial charge in [-0.2, -0.15) is 13.2 Å². The molecule has 0 aromatic heterocycles. The summed E-state index contributed by atoms with van der Waals surface area (Å²) in [4.78, 5) is 0. The maximum Gasteiger partial charge on any atom is 0.416 e. The van der Waals surface area contributed by atoms with Crippen molar-refractivity contribution in [1.82, 2.24) is 0 Å². The zero-order chi connectivity index (χ0) is 11.6. The van der Waals surface area contributed by atoms with Crippen LogP contribution >= 0.6 is 0 Å². The van der Waals surface area contributed by atoms with Crippen molar-refractivity contribution in [3.63, 3.8) is 0 Å². The highest BCUT2D eigenvalue weighted by Crippen LogP contribution is 2.34. The molecule has 0 saturated carbocycles. The van der Waals surface area contributed by atoms with Crippen LogP contribution in [0.4, 0.5) is 13.2 Å². The second-order valence-corrected chi connectivity index (χ2v) is 3.43. The predicted molar refractivity (Wildman–Crippen MR) is 52.2 cm³/mol. The number of hydrogen-bond acceptors (Lipinski definition) is 2. The first-order valence-corrected chi connectivity index (χ1v) is 4.49. The lowest BCUT2D eigenvalue weighted by molar-refractivity contribution is -0.138. The Morgan fingerprint density at radius 2 is 1.93 bits per heavy atom. The van der Waals surface area contributed by atoms with Gasteiger partial charge in [0.2, 0.25) is 0 Å². The van der Waals surface area contributed by atoms with E-state index >= 15 is 0 Å². The Labute approximate surface area is 86.1 Å². The van der Waals surface area contributed by atoms with Crippen LogP contribution in [0.3, 0.4) is 0 Å². The molecule has 0 fully saturated rings. The Bertz CT molecular complexity index is 347. The minimum atomic E-state index is -4.38. The molecule has 0 saturated heterocycles. The van der Waals surface area contributed by atoms with E-state index < -0.39 is 17.8 Å². The van der Waals surface area contributed by atoms with Gasteiger partial charge in [-0.25, -0.2) is 0 Å². The Balaban J connectivity index is 3.27. The van der Waals surface area contributed by atoms with E-state index in [2.05, 4.69) is 0 Å². The first kappa shape index (κ1) is 12.0. The molecule has 84 valence electrons. The van der Waals surface area contributed by atoms with Crippen molar-refractivity contribution in [3.8, 4) is 0 Å². The maximum absolute atomic E-state index is 12.6. The largest absolute Gasteiger partial charge is 0.416 e. The normalized spacial score (nSPS) is 14.0. The summed E-state index contributed by atoms with van der Waals surface area (Å²) in [7, 11) is 0. The van der Waals surface area contributed by atoms with E-state index in [-0.39, 0.29) is 12.1 Å². The average molecular weight is 218 g/mol. The fourth-order valence-electron chi connectivity index (χ4n) is 1.37. The van der Waals surface area contributed by atoms with Gasteiger partial charge in [0, 0.05) is 12.6 Å². The molecule has 0 bridgehead atoms. The highest BCUT2D eigenvalue weighted by Gasteiger charge is 2.34. The Morgan fingerprint density at radius 1 is 1.33 bits per heavy atom. The van der Waals surface area contributed by atoms with E-state index in [0.717, 1.165) is 11.6 Å². The molecule has 1 aromatic rings. The molecule has 1 unspecified atom stereocenters. The molecule has 0 spiro atoms. The van der Waals surface area contributed by atoms with Gasteiger partial charge >= 0.3 is 6.18 Å². The van der Waals surface area contributed by atoms with Gasteiger partial charge < -0.3 is 11.5 Å². The molecule has 0 radical (unpaired) electrons. The van der Waals surface area contributed by atoms with Gasteiger partial charge in [-0.15, -0.1) is 0 Å². The molecule has 0 aliphatic carbocycles. The summed E-state index contributed by atoms with van der Waals surface area (Å²) < 4.78 is 37.7. The number of aryl methyl sites for hydroxylation is 1. The molecular formula is C10H13F3N2.